The molecule has 2 aliphatic carbocycles. The van der Waals surface area contributed by atoms with Crippen LogP contribution in [0.25, 0.3) is 44.2 Å². The molecule has 3 aromatic carbocycles. The van der Waals surface area contributed by atoms with E-state index in [1.165, 1.54) is 22.7 Å². The van der Waals surface area contributed by atoms with Crippen molar-refractivity contribution in [2.45, 2.75) is 38.9 Å². The summed E-state index contributed by atoms with van der Waals surface area (Å²) in [5.41, 5.74) is 4.24. The molecular weight excluding hydrogens is 645 g/mol. The first-order chi connectivity index (χ1) is 22.9. The van der Waals surface area contributed by atoms with Crippen LogP contribution < -0.4 is 9.47 Å². The SMILES string of the molecule is CC1(C)Oc2cc3c(cc2-c2sc(/C=C4\C(=O)C(=O)c5ccccc54)nc21)OC(C)(C)c1nc(/C=C2\C(=O)C(=O)c4ccccc42)sc1-3. The Kier molecular flexibility index (Phi) is 5.78. The number of hydrogen-bond donors (Lipinski definition) is 0. The van der Waals surface area contributed by atoms with Crippen molar-refractivity contribution in [2.75, 3.05) is 0 Å². The number of nitrogens with zero attached hydrogens (tertiary/aromatic N) is 2. The minimum atomic E-state index is -0.791. The van der Waals surface area contributed by atoms with E-state index in [9.17, 15) is 19.2 Å². The number of Topliss-reactive ketones (excluding diaryl/α,β-unsaturated/α-hetero) is 4. The van der Waals surface area contributed by atoms with Crippen molar-refractivity contribution in [3.05, 3.63) is 104 Å². The topological polar surface area (TPSA) is 113 Å². The highest BCUT2D eigenvalue weighted by Crippen LogP contribution is 2.55. The fourth-order valence-corrected chi connectivity index (χ4v) is 9.17. The molecule has 0 unspecified atom stereocenters. The molecule has 0 radical (unpaired) electrons. The van der Waals surface area contributed by atoms with Crippen molar-refractivity contribution in [3.8, 4) is 32.4 Å². The lowest BCUT2D eigenvalue weighted by atomic mass is 9.92. The normalized spacial score (nSPS) is 19.3. The number of ether oxygens (including phenoxy) is 2. The number of thiazole rings is 2. The summed E-state index contributed by atoms with van der Waals surface area (Å²) >= 11 is 2.87. The highest BCUT2D eigenvalue weighted by atomic mass is 32.1. The van der Waals surface area contributed by atoms with Crippen molar-refractivity contribution in [1.82, 2.24) is 9.97 Å². The van der Waals surface area contributed by atoms with E-state index in [4.69, 9.17) is 19.4 Å². The lowest BCUT2D eigenvalue weighted by molar-refractivity contribution is -0.110. The molecule has 234 valence electrons. The van der Waals surface area contributed by atoms with Crippen LogP contribution in [0.3, 0.4) is 0 Å². The molecule has 0 amide bonds. The van der Waals surface area contributed by atoms with Gasteiger partial charge in [-0.2, -0.15) is 0 Å². The minimum Gasteiger partial charge on any atom is -0.481 e. The van der Waals surface area contributed by atoms with Gasteiger partial charge in [-0.15, -0.1) is 22.7 Å². The van der Waals surface area contributed by atoms with Crippen molar-refractivity contribution in [3.63, 3.8) is 0 Å². The third-order valence-corrected chi connectivity index (χ3v) is 11.2. The number of carbonyl (C=O) groups excluding carboxylic acids is 4. The van der Waals surface area contributed by atoms with Crippen molar-refractivity contribution < 1.29 is 28.7 Å². The van der Waals surface area contributed by atoms with Crippen LogP contribution in [0.4, 0.5) is 0 Å². The number of benzene rings is 3. The molecule has 0 spiro atoms. The van der Waals surface area contributed by atoms with Crippen LogP contribution in [0.2, 0.25) is 0 Å². The number of ketones is 4. The van der Waals surface area contributed by atoms with Gasteiger partial charge in [0.15, 0.2) is 0 Å². The lowest BCUT2D eigenvalue weighted by Crippen LogP contribution is -2.31. The first kappa shape index (κ1) is 28.9. The molecule has 9 rings (SSSR count). The molecule has 48 heavy (non-hydrogen) atoms. The summed E-state index contributed by atoms with van der Waals surface area (Å²) in [7, 11) is 0. The quantitative estimate of drug-likeness (QED) is 0.138. The van der Waals surface area contributed by atoms with Gasteiger partial charge in [0.2, 0.25) is 23.1 Å². The number of allylic oxidation sites excluding steroid dienone is 2. The summed E-state index contributed by atoms with van der Waals surface area (Å²) < 4.78 is 13.1. The average Bonchev–Trinajstić information content (AvgIpc) is 3.80. The van der Waals surface area contributed by atoms with Gasteiger partial charge in [0, 0.05) is 33.4 Å². The zero-order valence-electron chi connectivity index (χ0n) is 26.1. The summed E-state index contributed by atoms with van der Waals surface area (Å²) in [6.07, 6.45) is 3.40. The zero-order chi connectivity index (χ0) is 33.3. The molecule has 0 saturated carbocycles. The van der Waals surface area contributed by atoms with Crippen LogP contribution in [0.5, 0.6) is 11.5 Å². The van der Waals surface area contributed by atoms with Gasteiger partial charge in [-0.25, -0.2) is 9.97 Å². The van der Waals surface area contributed by atoms with Gasteiger partial charge < -0.3 is 9.47 Å². The van der Waals surface area contributed by atoms with Gasteiger partial charge in [-0.05, 0) is 63.1 Å². The van der Waals surface area contributed by atoms with Gasteiger partial charge >= 0.3 is 0 Å². The molecule has 0 bridgehead atoms. The molecule has 4 heterocycles. The standard InChI is InChI=1S/C38H24N2O6S2/c1-37(2)35-33(47-27(39-35)15-21-17-9-5-7-11-19(17)29(41)31(21)43)23-14-26-24(13-25(23)45-37)34-36(38(3,4)46-26)40-28(48-34)16-22-18-10-6-8-12-20(18)30(42)32(22)44/h5-16H,1-4H3/b21-15-,22-16-. The minimum absolute atomic E-state index is 0.340. The van der Waals surface area contributed by atoms with E-state index in [-0.39, 0.29) is 0 Å². The Bertz CT molecular complexity index is 2270. The molecule has 2 aliphatic heterocycles. The van der Waals surface area contributed by atoms with E-state index < -0.39 is 34.3 Å². The van der Waals surface area contributed by atoms with E-state index >= 15 is 0 Å². The molecule has 2 aromatic heterocycles. The van der Waals surface area contributed by atoms with Crippen LogP contribution in [-0.2, 0) is 20.8 Å². The predicted molar refractivity (Wildman–Crippen MR) is 183 cm³/mol. The van der Waals surface area contributed by atoms with E-state index in [1.54, 1.807) is 48.6 Å². The first-order valence-electron chi connectivity index (χ1n) is 15.3. The highest BCUT2D eigenvalue weighted by Gasteiger charge is 2.42. The van der Waals surface area contributed by atoms with Gasteiger partial charge in [-0.3, -0.25) is 19.2 Å². The number of aromatic nitrogens is 2. The number of carbonyl (C=O) groups is 4. The fourth-order valence-electron chi connectivity index (χ4n) is 6.81. The highest BCUT2D eigenvalue weighted by molar-refractivity contribution is 7.16. The second-order valence-corrected chi connectivity index (χ2v) is 15.1. The molecule has 0 N–H and O–H groups in total. The second kappa shape index (κ2) is 9.62. The maximum atomic E-state index is 12.9. The second-order valence-electron chi connectivity index (χ2n) is 13.1. The van der Waals surface area contributed by atoms with Crippen molar-refractivity contribution in [1.29, 1.82) is 0 Å². The molecule has 4 aliphatic rings. The first-order valence-corrected chi connectivity index (χ1v) is 16.9. The Labute approximate surface area is 282 Å². The van der Waals surface area contributed by atoms with E-state index in [2.05, 4.69) is 0 Å². The molecule has 5 aromatic rings. The number of rotatable bonds is 2. The third kappa shape index (κ3) is 3.99. The largest absolute Gasteiger partial charge is 0.481 e. The molecular formula is C38H24N2O6S2. The molecule has 8 nitrogen and oxygen atoms in total. The summed E-state index contributed by atoms with van der Waals surface area (Å²) in [4.78, 5) is 62.7. The Balaban J connectivity index is 1.15. The zero-order valence-corrected chi connectivity index (χ0v) is 27.7. The molecule has 0 atom stereocenters. The van der Waals surface area contributed by atoms with Crippen molar-refractivity contribution >= 4 is 69.1 Å². The summed E-state index contributed by atoms with van der Waals surface area (Å²) in [5, 5.41) is 1.19. The maximum absolute atomic E-state index is 12.9. The number of fused-ring (bicyclic) bond motifs is 8. The van der Waals surface area contributed by atoms with Crippen molar-refractivity contribution in [2.24, 2.45) is 0 Å². The van der Waals surface area contributed by atoms with Crippen LogP contribution in [-0.4, -0.2) is 33.1 Å². The van der Waals surface area contributed by atoms with Crippen LogP contribution in [0.1, 0.15) is 80.9 Å². The van der Waals surface area contributed by atoms with Crippen LogP contribution in [0.15, 0.2) is 60.7 Å². The predicted octanol–water partition coefficient (Wildman–Crippen LogP) is 7.80. The summed E-state index contributed by atoms with van der Waals surface area (Å²) in [5.74, 6) is -0.775. The molecule has 0 fully saturated rings. The van der Waals surface area contributed by atoms with Crippen LogP contribution >= 0.6 is 22.7 Å². The fraction of sp³-hybridized carbons (Fsp3) is 0.158. The lowest BCUT2D eigenvalue weighted by Gasteiger charge is -2.35. The van der Waals surface area contributed by atoms with Gasteiger partial charge in [0.25, 0.3) is 0 Å². The summed E-state index contributed by atoms with van der Waals surface area (Å²) in [6, 6.07) is 18.0. The van der Waals surface area contributed by atoms with E-state index in [0.717, 1.165) is 32.3 Å². The monoisotopic (exact) mass is 668 g/mol. The van der Waals surface area contributed by atoms with E-state index in [1.807, 2.05) is 52.0 Å². The Hall–Kier alpha value is -5.32. The van der Waals surface area contributed by atoms with Crippen LogP contribution in [0, 0.1) is 0 Å². The summed E-state index contributed by atoms with van der Waals surface area (Å²) in [6.45, 7) is 7.79. The number of hydrogen-bond acceptors (Lipinski definition) is 10. The van der Waals surface area contributed by atoms with Gasteiger partial charge in [0.05, 0.1) is 9.75 Å². The Morgan fingerprint density at radius 3 is 1.31 bits per heavy atom. The third-order valence-electron chi connectivity index (χ3n) is 9.09. The van der Waals surface area contributed by atoms with E-state index in [0.29, 0.717) is 54.9 Å². The Morgan fingerprint density at radius 2 is 0.917 bits per heavy atom. The smallest absolute Gasteiger partial charge is 0.234 e. The average molecular weight is 669 g/mol. The van der Waals surface area contributed by atoms with Gasteiger partial charge in [-0.1, -0.05) is 48.5 Å². The maximum Gasteiger partial charge on any atom is 0.234 e. The molecule has 10 heteroatoms. The Morgan fingerprint density at radius 1 is 0.542 bits per heavy atom. The molecule has 0 saturated heterocycles. The van der Waals surface area contributed by atoms with Gasteiger partial charge in [0.1, 0.15) is 44.1 Å².